The van der Waals surface area contributed by atoms with Gasteiger partial charge in [0.25, 0.3) is 0 Å². The maximum atomic E-state index is 9.45. The Morgan fingerprint density at radius 3 is 2.12 bits per heavy atom. The van der Waals surface area contributed by atoms with Crippen molar-refractivity contribution in [3.63, 3.8) is 0 Å². The lowest BCUT2D eigenvalue weighted by Gasteiger charge is -2.30. The largest absolute Gasteiger partial charge is 0.314 e. The second-order valence-corrected chi connectivity index (χ2v) is 5.49. The smallest absolute Gasteiger partial charge is 0.0423 e. The zero-order chi connectivity index (χ0) is 12.3. The number of nitrogens with zero attached hydrogens (tertiary/aromatic N) is 1. The van der Waals surface area contributed by atoms with Crippen molar-refractivity contribution in [2.24, 2.45) is 0 Å². The normalized spacial score (nSPS) is 12.2. The Kier molecular flexibility index (Phi) is 4.62. The molecule has 0 aliphatic rings. The van der Waals surface area contributed by atoms with Crippen molar-refractivity contribution < 1.29 is 5.21 Å². The van der Waals surface area contributed by atoms with Crippen molar-refractivity contribution >= 4 is 23.2 Å². The van der Waals surface area contributed by atoms with Gasteiger partial charge in [-0.25, -0.2) is 0 Å². The average Bonchev–Trinajstić information content (AvgIpc) is 2.13. The lowest BCUT2D eigenvalue weighted by atomic mass is 9.95. The molecule has 1 aromatic carbocycles. The molecule has 0 saturated heterocycles. The molecule has 0 spiro atoms. The summed E-state index contributed by atoms with van der Waals surface area (Å²) in [5.74, 6) is 0. The van der Waals surface area contributed by atoms with Crippen molar-refractivity contribution in [1.29, 1.82) is 0 Å². The van der Waals surface area contributed by atoms with E-state index >= 15 is 0 Å². The standard InChI is InChI=1S/C12H17Cl2NO/c1-12(2,15(3)16)5-4-9-6-10(13)8-11(14)7-9/h6-8,16H,4-5H2,1-3H3. The van der Waals surface area contributed by atoms with Gasteiger partial charge in [0.2, 0.25) is 0 Å². The molecule has 2 nitrogen and oxygen atoms in total. The topological polar surface area (TPSA) is 23.5 Å². The highest BCUT2D eigenvalue weighted by Gasteiger charge is 2.21. The van der Waals surface area contributed by atoms with E-state index in [1.807, 2.05) is 26.0 Å². The van der Waals surface area contributed by atoms with Crippen LogP contribution in [0.15, 0.2) is 18.2 Å². The molecule has 1 aromatic rings. The second-order valence-electron chi connectivity index (χ2n) is 4.61. The van der Waals surface area contributed by atoms with Crippen LogP contribution in [-0.2, 0) is 6.42 Å². The summed E-state index contributed by atoms with van der Waals surface area (Å²) in [6, 6.07) is 5.53. The molecule has 4 heteroatoms. The van der Waals surface area contributed by atoms with Crippen molar-refractivity contribution in [3.8, 4) is 0 Å². The Morgan fingerprint density at radius 2 is 1.69 bits per heavy atom. The Morgan fingerprint density at radius 1 is 1.19 bits per heavy atom. The van der Waals surface area contributed by atoms with Gasteiger partial charge in [-0.2, -0.15) is 5.06 Å². The van der Waals surface area contributed by atoms with Crippen LogP contribution in [0.4, 0.5) is 0 Å². The van der Waals surface area contributed by atoms with E-state index in [9.17, 15) is 5.21 Å². The van der Waals surface area contributed by atoms with Crippen molar-refractivity contribution in [1.82, 2.24) is 5.06 Å². The fourth-order valence-corrected chi connectivity index (χ4v) is 1.94. The van der Waals surface area contributed by atoms with Gasteiger partial charge in [-0.3, -0.25) is 0 Å². The summed E-state index contributed by atoms with van der Waals surface area (Å²) in [6.45, 7) is 3.97. The predicted octanol–water partition coefficient (Wildman–Crippen LogP) is 4.03. The van der Waals surface area contributed by atoms with E-state index in [1.54, 1.807) is 13.1 Å². The third kappa shape index (κ3) is 3.95. The third-order valence-electron chi connectivity index (χ3n) is 2.82. The number of rotatable bonds is 4. The first kappa shape index (κ1) is 13.8. The van der Waals surface area contributed by atoms with Crippen LogP contribution < -0.4 is 0 Å². The first-order valence-corrected chi connectivity index (χ1v) is 5.94. The van der Waals surface area contributed by atoms with Gasteiger partial charge in [-0.1, -0.05) is 23.2 Å². The first-order valence-electron chi connectivity index (χ1n) is 5.19. The molecule has 1 N–H and O–H groups in total. The molecule has 0 radical (unpaired) electrons. The summed E-state index contributed by atoms with van der Waals surface area (Å²) in [4.78, 5) is 0. The Bertz CT molecular complexity index is 344. The summed E-state index contributed by atoms with van der Waals surface area (Å²) >= 11 is 11.8. The molecule has 0 atom stereocenters. The van der Waals surface area contributed by atoms with E-state index in [4.69, 9.17) is 23.2 Å². The first-order chi connectivity index (χ1) is 7.31. The molecule has 0 unspecified atom stereocenters. The summed E-state index contributed by atoms with van der Waals surface area (Å²) in [6.07, 6.45) is 1.66. The number of aryl methyl sites for hydroxylation is 1. The van der Waals surface area contributed by atoms with Crippen LogP contribution in [0.25, 0.3) is 0 Å². The minimum absolute atomic E-state index is 0.255. The van der Waals surface area contributed by atoms with E-state index in [-0.39, 0.29) is 5.54 Å². The number of hydrogen-bond acceptors (Lipinski definition) is 2. The van der Waals surface area contributed by atoms with E-state index in [0.29, 0.717) is 10.0 Å². The van der Waals surface area contributed by atoms with Gasteiger partial charge in [0, 0.05) is 22.6 Å². The molecule has 90 valence electrons. The van der Waals surface area contributed by atoms with Crippen LogP contribution in [0, 0.1) is 0 Å². The van der Waals surface area contributed by atoms with E-state index in [1.165, 1.54) is 5.06 Å². The van der Waals surface area contributed by atoms with E-state index in [0.717, 1.165) is 18.4 Å². The zero-order valence-corrected chi connectivity index (χ0v) is 11.3. The maximum Gasteiger partial charge on any atom is 0.0423 e. The highest BCUT2D eigenvalue weighted by atomic mass is 35.5. The molecule has 16 heavy (non-hydrogen) atoms. The van der Waals surface area contributed by atoms with Crippen LogP contribution >= 0.6 is 23.2 Å². The molecule has 0 aromatic heterocycles. The van der Waals surface area contributed by atoms with Gasteiger partial charge in [0.1, 0.15) is 0 Å². The van der Waals surface area contributed by atoms with Crippen LogP contribution in [0.1, 0.15) is 25.8 Å². The Balaban J connectivity index is 2.68. The molecule has 0 saturated carbocycles. The Labute approximate surface area is 107 Å². The number of benzene rings is 1. The SMILES string of the molecule is CN(O)C(C)(C)CCc1cc(Cl)cc(Cl)c1. The average molecular weight is 262 g/mol. The highest BCUT2D eigenvalue weighted by Crippen LogP contribution is 2.23. The zero-order valence-electron chi connectivity index (χ0n) is 9.80. The van der Waals surface area contributed by atoms with Gasteiger partial charge >= 0.3 is 0 Å². The van der Waals surface area contributed by atoms with Gasteiger partial charge in [0.05, 0.1) is 0 Å². The lowest BCUT2D eigenvalue weighted by molar-refractivity contribution is -0.141. The van der Waals surface area contributed by atoms with Crippen molar-refractivity contribution in [3.05, 3.63) is 33.8 Å². The number of hydroxylamine groups is 2. The van der Waals surface area contributed by atoms with Crippen molar-refractivity contribution in [2.45, 2.75) is 32.2 Å². The molecule has 0 bridgehead atoms. The van der Waals surface area contributed by atoms with Crippen LogP contribution in [-0.4, -0.2) is 22.9 Å². The van der Waals surface area contributed by atoms with Crippen LogP contribution in [0.3, 0.4) is 0 Å². The summed E-state index contributed by atoms with van der Waals surface area (Å²) < 4.78 is 0. The van der Waals surface area contributed by atoms with Crippen LogP contribution in [0.5, 0.6) is 0 Å². The van der Waals surface area contributed by atoms with Gasteiger partial charge in [0.15, 0.2) is 0 Å². The monoisotopic (exact) mass is 261 g/mol. The van der Waals surface area contributed by atoms with E-state index < -0.39 is 0 Å². The Hall–Kier alpha value is -0.280. The summed E-state index contributed by atoms with van der Waals surface area (Å²) in [5, 5.41) is 12.0. The highest BCUT2D eigenvalue weighted by molar-refractivity contribution is 6.34. The molecule has 0 heterocycles. The molecule has 0 amide bonds. The fourth-order valence-electron chi connectivity index (χ4n) is 1.37. The molecule has 0 fully saturated rings. The van der Waals surface area contributed by atoms with Crippen LogP contribution in [0.2, 0.25) is 10.0 Å². The minimum Gasteiger partial charge on any atom is -0.314 e. The van der Waals surface area contributed by atoms with E-state index in [2.05, 4.69) is 0 Å². The quantitative estimate of drug-likeness (QED) is 0.828. The second kappa shape index (κ2) is 5.37. The minimum atomic E-state index is -0.255. The third-order valence-corrected chi connectivity index (χ3v) is 3.26. The molecule has 0 aliphatic carbocycles. The molecular weight excluding hydrogens is 245 g/mol. The maximum absolute atomic E-state index is 9.45. The molecular formula is C12H17Cl2NO. The van der Waals surface area contributed by atoms with Gasteiger partial charge in [-0.15, -0.1) is 0 Å². The van der Waals surface area contributed by atoms with Crippen molar-refractivity contribution in [2.75, 3.05) is 7.05 Å². The summed E-state index contributed by atoms with van der Waals surface area (Å²) in [7, 11) is 1.66. The lowest BCUT2D eigenvalue weighted by Crippen LogP contribution is -2.38. The predicted molar refractivity (Wildman–Crippen MR) is 68.4 cm³/mol. The molecule has 0 aliphatic heterocycles. The summed E-state index contributed by atoms with van der Waals surface area (Å²) in [5.41, 5.74) is 0.835. The fraction of sp³-hybridized carbons (Fsp3) is 0.500. The molecule has 1 rings (SSSR count). The number of hydrogen-bond donors (Lipinski definition) is 1. The van der Waals surface area contributed by atoms with Gasteiger partial charge in [-0.05, 0) is 50.5 Å². The number of halogens is 2. The van der Waals surface area contributed by atoms with Gasteiger partial charge < -0.3 is 5.21 Å².